The second-order valence-corrected chi connectivity index (χ2v) is 8.38. The van der Waals surface area contributed by atoms with E-state index in [1.165, 1.54) is 0 Å². The number of carboxylic acid groups (broad SMARTS) is 1. The van der Waals surface area contributed by atoms with Gasteiger partial charge in [0.05, 0.1) is 6.42 Å². The Hall–Kier alpha value is -4.71. The zero-order valence-corrected chi connectivity index (χ0v) is 19.6. The Morgan fingerprint density at radius 2 is 1.33 bits per heavy atom. The average Bonchev–Trinajstić information content (AvgIpc) is 2.90. The first kappa shape index (κ1) is 24.4. The molecule has 1 unspecified atom stereocenters. The van der Waals surface area contributed by atoms with Crippen LogP contribution in [0.4, 0.5) is 5.69 Å². The Balaban J connectivity index is 1.41. The number of aliphatic carboxylic acids is 1. The zero-order chi connectivity index (χ0) is 25.3. The third-order valence-corrected chi connectivity index (χ3v) is 5.77. The maximum atomic E-state index is 12.8. The predicted molar refractivity (Wildman–Crippen MR) is 140 cm³/mol. The van der Waals surface area contributed by atoms with Gasteiger partial charge in [0.1, 0.15) is 6.04 Å². The minimum absolute atomic E-state index is 0.139. The molecule has 6 nitrogen and oxygen atoms in total. The third kappa shape index (κ3) is 6.45. The summed E-state index contributed by atoms with van der Waals surface area (Å²) in [6.07, 6.45) is 0.383. The van der Waals surface area contributed by atoms with Gasteiger partial charge in [-0.2, -0.15) is 0 Å². The van der Waals surface area contributed by atoms with Crippen LogP contribution in [-0.2, 0) is 22.4 Å². The van der Waals surface area contributed by atoms with E-state index in [-0.39, 0.29) is 18.7 Å². The van der Waals surface area contributed by atoms with Crippen molar-refractivity contribution in [3.63, 3.8) is 0 Å². The molecule has 3 N–H and O–H groups in total. The van der Waals surface area contributed by atoms with Crippen molar-refractivity contribution in [3.05, 3.63) is 126 Å². The number of carboxylic acids is 1. The van der Waals surface area contributed by atoms with Gasteiger partial charge in [-0.1, -0.05) is 84.9 Å². The van der Waals surface area contributed by atoms with Crippen molar-refractivity contribution >= 4 is 23.5 Å². The lowest BCUT2D eigenvalue weighted by atomic mass is 9.95. The highest BCUT2D eigenvalue weighted by Gasteiger charge is 2.22. The number of nitrogens with one attached hydrogen (secondary N) is 2. The largest absolute Gasteiger partial charge is 0.480 e. The molecule has 0 bridgehead atoms. The van der Waals surface area contributed by atoms with Gasteiger partial charge in [-0.25, -0.2) is 4.79 Å². The highest BCUT2D eigenvalue weighted by Crippen LogP contribution is 2.24. The molecule has 0 fully saturated rings. The topological polar surface area (TPSA) is 95.5 Å². The number of hydrogen-bond donors (Lipinski definition) is 3. The Bertz CT molecular complexity index is 1340. The van der Waals surface area contributed by atoms with Crippen LogP contribution in [0, 0.1) is 0 Å². The molecule has 0 aliphatic heterocycles. The van der Waals surface area contributed by atoms with Crippen LogP contribution in [-0.4, -0.2) is 28.9 Å². The van der Waals surface area contributed by atoms with Crippen LogP contribution >= 0.6 is 0 Å². The molecule has 2 amide bonds. The predicted octanol–water partition coefficient (Wildman–Crippen LogP) is 4.96. The molecule has 0 saturated carbocycles. The van der Waals surface area contributed by atoms with E-state index in [4.69, 9.17) is 0 Å². The molecular formula is C30H26N2O4. The summed E-state index contributed by atoms with van der Waals surface area (Å²) in [5, 5.41) is 15.2. The molecule has 0 aliphatic carbocycles. The molecule has 4 rings (SSSR count). The van der Waals surface area contributed by atoms with Crippen LogP contribution < -0.4 is 10.6 Å². The molecule has 36 heavy (non-hydrogen) atoms. The molecular weight excluding hydrogens is 452 g/mol. The minimum Gasteiger partial charge on any atom is -0.480 e. The summed E-state index contributed by atoms with van der Waals surface area (Å²) in [5.41, 5.74) is 4.49. The summed E-state index contributed by atoms with van der Waals surface area (Å²) >= 11 is 0. The molecule has 6 heteroatoms. The van der Waals surface area contributed by atoms with Gasteiger partial charge in [0.25, 0.3) is 5.91 Å². The molecule has 180 valence electrons. The smallest absolute Gasteiger partial charge is 0.326 e. The molecule has 0 saturated heterocycles. The van der Waals surface area contributed by atoms with Crippen molar-refractivity contribution in [1.29, 1.82) is 0 Å². The summed E-state index contributed by atoms with van der Waals surface area (Å²) in [5.74, 6) is -1.78. The van der Waals surface area contributed by atoms with Gasteiger partial charge in [-0.3, -0.25) is 9.59 Å². The van der Waals surface area contributed by atoms with Crippen molar-refractivity contribution in [3.8, 4) is 11.1 Å². The van der Waals surface area contributed by atoms with Crippen molar-refractivity contribution < 1.29 is 19.5 Å². The second kappa shape index (κ2) is 11.6. The quantitative estimate of drug-likeness (QED) is 0.317. The van der Waals surface area contributed by atoms with Gasteiger partial charge in [0.2, 0.25) is 5.91 Å². The van der Waals surface area contributed by atoms with Gasteiger partial charge in [-0.15, -0.1) is 0 Å². The molecule has 0 aliphatic rings. The van der Waals surface area contributed by atoms with Crippen molar-refractivity contribution in [2.24, 2.45) is 0 Å². The van der Waals surface area contributed by atoms with E-state index in [2.05, 4.69) is 10.6 Å². The average molecular weight is 479 g/mol. The van der Waals surface area contributed by atoms with E-state index in [1.807, 2.05) is 84.9 Å². The minimum atomic E-state index is -1.11. The van der Waals surface area contributed by atoms with E-state index in [9.17, 15) is 19.5 Å². The van der Waals surface area contributed by atoms with E-state index in [0.29, 0.717) is 11.3 Å². The van der Waals surface area contributed by atoms with Gasteiger partial charge in [0.15, 0.2) is 0 Å². The normalized spacial score (nSPS) is 11.3. The van der Waals surface area contributed by atoms with Gasteiger partial charge in [-0.05, 0) is 46.5 Å². The Kier molecular flexibility index (Phi) is 7.88. The molecule has 4 aromatic rings. The second-order valence-electron chi connectivity index (χ2n) is 8.38. The standard InChI is InChI=1S/C30H26N2O4/c33-28(19-21-9-3-1-4-10-21)31-25-17-15-23(16-18-25)29(34)32-27(30(35)36)20-24-13-7-8-14-26(24)22-11-5-2-6-12-22/h1-18,27H,19-20H2,(H,31,33)(H,32,34)(H,35,36). The Morgan fingerprint density at radius 3 is 2.00 bits per heavy atom. The highest BCUT2D eigenvalue weighted by molar-refractivity contribution is 5.98. The number of carbonyl (C=O) groups excluding carboxylic acids is 2. The number of rotatable bonds is 9. The van der Waals surface area contributed by atoms with E-state index in [0.717, 1.165) is 22.3 Å². The van der Waals surface area contributed by atoms with Crippen LogP contribution in [0.15, 0.2) is 109 Å². The fourth-order valence-electron chi connectivity index (χ4n) is 3.95. The summed E-state index contributed by atoms with van der Waals surface area (Å²) in [4.78, 5) is 37.1. The number of benzene rings is 4. The van der Waals surface area contributed by atoms with E-state index >= 15 is 0 Å². The van der Waals surface area contributed by atoms with Crippen LogP contribution in [0.1, 0.15) is 21.5 Å². The maximum Gasteiger partial charge on any atom is 0.326 e. The van der Waals surface area contributed by atoms with Crippen molar-refractivity contribution in [2.75, 3.05) is 5.32 Å². The lowest BCUT2D eigenvalue weighted by molar-refractivity contribution is -0.139. The fourth-order valence-corrected chi connectivity index (χ4v) is 3.95. The zero-order valence-electron chi connectivity index (χ0n) is 19.6. The number of carbonyl (C=O) groups is 3. The number of hydrogen-bond acceptors (Lipinski definition) is 3. The van der Waals surface area contributed by atoms with Gasteiger partial charge in [0, 0.05) is 17.7 Å². The molecule has 4 aromatic carbocycles. The van der Waals surface area contributed by atoms with E-state index in [1.54, 1.807) is 24.3 Å². The molecule has 0 spiro atoms. The fraction of sp³-hybridized carbons (Fsp3) is 0.100. The highest BCUT2D eigenvalue weighted by atomic mass is 16.4. The first-order valence-corrected chi connectivity index (χ1v) is 11.6. The van der Waals surface area contributed by atoms with Crippen molar-refractivity contribution in [1.82, 2.24) is 5.32 Å². The van der Waals surface area contributed by atoms with Crippen LogP contribution in [0.5, 0.6) is 0 Å². The summed E-state index contributed by atoms with van der Waals surface area (Å²) in [7, 11) is 0. The van der Waals surface area contributed by atoms with Gasteiger partial charge >= 0.3 is 5.97 Å². The van der Waals surface area contributed by atoms with Crippen LogP contribution in [0.25, 0.3) is 11.1 Å². The lowest BCUT2D eigenvalue weighted by Crippen LogP contribution is -2.42. The van der Waals surface area contributed by atoms with Crippen LogP contribution in [0.3, 0.4) is 0 Å². The maximum absolute atomic E-state index is 12.8. The lowest BCUT2D eigenvalue weighted by Gasteiger charge is -2.17. The molecule has 0 aromatic heterocycles. The Morgan fingerprint density at radius 1 is 0.722 bits per heavy atom. The van der Waals surface area contributed by atoms with E-state index < -0.39 is 17.9 Å². The number of anilines is 1. The number of amides is 2. The first-order valence-electron chi connectivity index (χ1n) is 11.6. The van der Waals surface area contributed by atoms with Gasteiger partial charge < -0.3 is 15.7 Å². The molecule has 0 heterocycles. The Labute approximate surface area is 209 Å². The summed E-state index contributed by atoms with van der Waals surface area (Å²) in [6.45, 7) is 0. The molecule has 0 radical (unpaired) electrons. The van der Waals surface area contributed by atoms with Crippen molar-refractivity contribution in [2.45, 2.75) is 18.9 Å². The monoisotopic (exact) mass is 478 g/mol. The molecule has 1 atom stereocenters. The summed E-state index contributed by atoms with van der Waals surface area (Å²) in [6, 6.07) is 31.9. The first-order chi connectivity index (χ1) is 17.5. The summed E-state index contributed by atoms with van der Waals surface area (Å²) < 4.78 is 0. The van der Waals surface area contributed by atoms with Crippen LogP contribution in [0.2, 0.25) is 0 Å². The SMILES string of the molecule is O=C(Cc1ccccc1)Nc1ccc(C(=O)NC(Cc2ccccc2-c2ccccc2)C(=O)O)cc1. The third-order valence-electron chi connectivity index (χ3n) is 5.77.